The zero-order valence-corrected chi connectivity index (χ0v) is 16.5. The normalized spacial score (nSPS) is 19.4. The van der Waals surface area contributed by atoms with Crippen molar-refractivity contribution < 1.29 is 9.53 Å². The van der Waals surface area contributed by atoms with Crippen molar-refractivity contribution >= 4 is 52.2 Å². The summed E-state index contributed by atoms with van der Waals surface area (Å²) in [7, 11) is 0. The standard InChI is InChI=1S/C19H17Cl3N2O2/c1-3-26-19(25)17-11(2)18(12-4-6-13(20)7-5-12)24(23-17)16-9-8-14(21)10-15(16)22/h4-11,18H,3H2,1-2H3/t11-,18+/m0/s1. The summed E-state index contributed by atoms with van der Waals surface area (Å²) in [5, 5.41) is 7.92. The summed E-state index contributed by atoms with van der Waals surface area (Å²) >= 11 is 18.4. The zero-order valence-electron chi connectivity index (χ0n) is 14.2. The van der Waals surface area contributed by atoms with E-state index in [9.17, 15) is 4.79 Å². The lowest BCUT2D eigenvalue weighted by atomic mass is 9.91. The van der Waals surface area contributed by atoms with E-state index in [0.717, 1.165) is 5.56 Å². The van der Waals surface area contributed by atoms with Crippen LogP contribution in [-0.2, 0) is 9.53 Å². The van der Waals surface area contributed by atoms with Crippen molar-refractivity contribution in [3.8, 4) is 0 Å². The van der Waals surface area contributed by atoms with Crippen molar-refractivity contribution in [1.29, 1.82) is 0 Å². The summed E-state index contributed by atoms with van der Waals surface area (Å²) in [6.07, 6.45) is 0. The molecule has 0 amide bonds. The number of rotatable bonds is 4. The number of hydrogen-bond acceptors (Lipinski definition) is 4. The van der Waals surface area contributed by atoms with Crippen LogP contribution in [0.4, 0.5) is 5.69 Å². The molecule has 0 saturated heterocycles. The van der Waals surface area contributed by atoms with E-state index in [0.29, 0.717) is 26.5 Å². The molecule has 4 nitrogen and oxygen atoms in total. The van der Waals surface area contributed by atoms with Crippen molar-refractivity contribution in [3.05, 3.63) is 63.1 Å². The number of esters is 1. The van der Waals surface area contributed by atoms with E-state index >= 15 is 0 Å². The monoisotopic (exact) mass is 410 g/mol. The third kappa shape index (κ3) is 3.68. The second-order valence-electron chi connectivity index (χ2n) is 5.93. The van der Waals surface area contributed by atoms with E-state index in [-0.39, 0.29) is 18.6 Å². The molecule has 0 saturated carbocycles. The Kier molecular flexibility index (Phi) is 5.76. The molecule has 2 aromatic carbocycles. The van der Waals surface area contributed by atoms with Gasteiger partial charge in [0.15, 0.2) is 5.71 Å². The first-order chi connectivity index (χ1) is 12.4. The summed E-state index contributed by atoms with van der Waals surface area (Å²) < 4.78 is 5.16. The molecule has 2 aromatic rings. The van der Waals surface area contributed by atoms with Gasteiger partial charge in [0.2, 0.25) is 0 Å². The smallest absolute Gasteiger partial charge is 0.354 e. The molecule has 2 atom stereocenters. The van der Waals surface area contributed by atoms with Gasteiger partial charge >= 0.3 is 5.97 Å². The van der Waals surface area contributed by atoms with E-state index < -0.39 is 5.97 Å². The van der Waals surface area contributed by atoms with Gasteiger partial charge in [-0.3, -0.25) is 5.01 Å². The number of hydrogen-bond donors (Lipinski definition) is 0. The highest BCUT2D eigenvalue weighted by atomic mass is 35.5. The van der Waals surface area contributed by atoms with Crippen LogP contribution in [0.25, 0.3) is 0 Å². The van der Waals surface area contributed by atoms with Crippen molar-refractivity contribution in [2.75, 3.05) is 11.6 Å². The molecule has 3 rings (SSSR count). The number of hydrazone groups is 1. The fraction of sp³-hybridized carbons (Fsp3) is 0.263. The Hall–Kier alpha value is -1.75. The minimum Gasteiger partial charge on any atom is -0.461 e. The second-order valence-corrected chi connectivity index (χ2v) is 7.21. The Morgan fingerprint density at radius 2 is 1.77 bits per heavy atom. The van der Waals surface area contributed by atoms with Crippen LogP contribution in [0.2, 0.25) is 15.1 Å². The van der Waals surface area contributed by atoms with Crippen LogP contribution in [0.15, 0.2) is 47.6 Å². The third-order valence-electron chi connectivity index (χ3n) is 4.24. The molecule has 0 aromatic heterocycles. The number of benzene rings is 2. The molecule has 1 heterocycles. The van der Waals surface area contributed by atoms with E-state index in [1.807, 2.05) is 31.2 Å². The van der Waals surface area contributed by atoms with Crippen molar-refractivity contribution in [2.45, 2.75) is 19.9 Å². The first-order valence-electron chi connectivity index (χ1n) is 8.17. The van der Waals surface area contributed by atoms with E-state index in [1.54, 1.807) is 30.1 Å². The average molecular weight is 412 g/mol. The molecule has 0 spiro atoms. The molecule has 0 N–H and O–H groups in total. The maximum atomic E-state index is 12.3. The van der Waals surface area contributed by atoms with E-state index in [1.165, 1.54) is 0 Å². The SMILES string of the molecule is CCOC(=O)C1=NN(c2ccc(Cl)cc2Cl)[C@@H](c2ccc(Cl)cc2)[C@H]1C. The van der Waals surface area contributed by atoms with Gasteiger partial charge in [-0.25, -0.2) is 4.79 Å². The van der Waals surface area contributed by atoms with Crippen molar-refractivity contribution in [3.63, 3.8) is 0 Å². The number of ether oxygens (including phenoxy) is 1. The third-order valence-corrected chi connectivity index (χ3v) is 5.03. The zero-order chi connectivity index (χ0) is 18.8. The largest absolute Gasteiger partial charge is 0.461 e. The summed E-state index contributed by atoms with van der Waals surface area (Å²) in [5.41, 5.74) is 2.00. The number of carbonyl (C=O) groups is 1. The molecule has 0 fully saturated rings. The topological polar surface area (TPSA) is 41.9 Å². The van der Waals surface area contributed by atoms with Crippen LogP contribution in [-0.4, -0.2) is 18.3 Å². The van der Waals surface area contributed by atoms with Gasteiger partial charge in [-0.05, 0) is 42.8 Å². The average Bonchev–Trinajstić information content (AvgIpc) is 2.93. The molecular weight excluding hydrogens is 395 g/mol. The molecule has 1 aliphatic rings. The second kappa shape index (κ2) is 7.87. The van der Waals surface area contributed by atoms with Crippen LogP contribution in [0, 0.1) is 5.92 Å². The maximum Gasteiger partial charge on any atom is 0.354 e. The maximum absolute atomic E-state index is 12.3. The molecule has 1 aliphatic heterocycles. The minimum absolute atomic E-state index is 0.193. The van der Waals surface area contributed by atoms with E-state index in [2.05, 4.69) is 5.10 Å². The Morgan fingerprint density at radius 3 is 2.38 bits per heavy atom. The fourth-order valence-corrected chi connectivity index (χ4v) is 3.64. The van der Waals surface area contributed by atoms with Crippen LogP contribution in [0.1, 0.15) is 25.5 Å². The lowest BCUT2D eigenvalue weighted by molar-refractivity contribution is -0.135. The van der Waals surface area contributed by atoms with Crippen LogP contribution in [0.3, 0.4) is 0 Å². The predicted octanol–water partition coefficient (Wildman–Crippen LogP) is 5.76. The molecule has 0 radical (unpaired) electrons. The lowest BCUT2D eigenvalue weighted by Crippen LogP contribution is -2.27. The molecule has 0 bridgehead atoms. The molecule has 0 aliphatic carbocycles. The van der Waals surface area contributed by atoms with Crippen LogP contribution < -0.4 is 5.01 Å². The molecule has 26 heavy (non-hydrogen) atoms. The van der Waals surface area contributed by atoms with Gasteiger partial charge < -0.3 is 4.74 Å². The molecular formula is C19H17Cl3N2O2. The summed E-state index contributed by atoms with van der Waals surface area (Å²) in [4.78, 5) is 12.3. The number of halogens is 3. The first kappa shape index (κ1) is 19.0. The minimum atomic E-state index is -0.424. The number of anilines is 1. The highest BCUT2D eigenvalue weighted by Crippen LogP contribution is 2.42. The van der Waals surface area contributed by atoms with Crippen LogP contribution in [0.5, 0.6) is 0 Å². The van der Waals surface area contributed by atoms with Gasteiger partial charge in [0.25, 0.3) is 0 Å². The summed E-state index contributed by atoms with van der Waals surface area (Å²) in [5.74, 6) is -0.617. The highest BCUT2D eigenvalue weighted by Gasteiger charge is 2.40. The molecule has 136 valence electrons. The van der Waals surface area contributed by atoms with Crippen molar-refractivity contribution in [1.82, 2.24) is 0 Å². The van der Waals surface area contributed by atoms with Gasteiger partial charge in [0.05, 0.1) is 23.4 Å². The van der Waals surface area contributed by atoms with Gasteiger partial charge in [-0.15, -0.1) is 0 Å². The number of nitrogens with zero attached hydrogens (tertiary/aromatic N) is 2. The molecule has 0 unspecified atom stereocenters. The Bertz CT molecular complexity index is 852. The first-order valence-corrected chi connectivity index (χ1v) is 9.31. The molecule has 7 heteroatoms. The van der Waals surface area contributed by atoms with Crippen LogP contribution >= 0.6 is 34.8 Å². The highest BCUT2D eigenvalue weighted by molar-refractivity contribution is 6.39. The predicted molar refractivity (Wildman–Crippen MR) is 106 cm³/mol. The van der Waals surface area contributed by atoms with Gasteiger partial charge in [0.1, 0.15) is 0 Å². The van der Waals surface area contributed by atoms with Crippen molar-refractivity contribution in [2.24, 2.45) is 11.0 Å². The fourth-order valence-electron chi connectivity index (χ4n) is 3.02. The lowest BCUT2D eigenvalue weighted by Gasteiger charge is -2.27. The van der Waals surface area contributed by atoms with E-state index in [4.69, 9.17) is 39.5 Å². The quantitative estimate of drug-likeness (QED) is 0.600. The number of carbonyl (C=O) groups excluding carboxylic acids is 1. The Morgan fingerprint density at radius 1 is 1.12 bits per heavy atom. The van der Waals surface area contributed by atoms with Gasteiger partial charge in [0, 0.05) is 16.0 Å². The summed E-state index contributed by atoms with van der Waals surface area (Å²) in [6, 6.07) is 12.4. The Balaban J connectivity index is 2.08. The van der Waals surface area contributed by atoms with Gasteiger partial charge in [-0.2, -0.15) is 5.10 Å². The van der Waals surface area contributed by atoms with Gasteiger partial charge in [-0.1, -0.05) is 53.9 Å². The Labute approximate surface area is 167 Å². The summed E-state index contributed by atoms with van der Waals surface area (Å²) in [6.45, 7) is 4.00.